The molecule has 1 saturated carbocycles. The van der Waals surface area contributed by atoms with Crippen molar-refractivity contribution in [3.63, 3.8) is 0 Å². The number of methoxy groups -OCH3 is 1. The van der Waals surface area contributed by atoms with Crippen LogP contribution in [-0.4, -0.2) is 32.8 Å². The lowest BCUT2D eigenvalue weighted by Gasteiger charge is -2.46. The van der Waals surface area contributed by atoms with E-state index in [9.17, 15) is 26.3 Å². The zero-order valence-corrected chi connectivity index (χ0v) is 24.6. The number of benzene rings is 2. The minimum Gasteiger partial charge on any atom is -0.412 e. The van der Waals surface area contributed by atoms with Crippen LogP contribution in [0.2, 0.25) is 0 Å². The highest BCUT2D eigenvalue weighted by molar-refractivity contribution is 5.28. The molecule has 0 spiro atoms. The van der Waals surface area contributed by atoms with Gasteiger partial charge in [0, 0.05) is 27.6 Å². The largest absolute Gasteiger partial charge is 0.416 e. The molecule has 0 saturated heterocycles. The number of aryl methyl sites for hydroxylation is 2. The Morgan fingerprint density at radius 2 is 1.41 bits per heavy atom. The molecule has 41 heavy (non-hydrogen) atoms. The van der Waals surface area contributed by atoms with E-state index >= 15 is 0 Å². The second-order valence-corrected chi connectivity index (χ2v) is 10.6. The molecule has 236 valence electrons. The molecule has 1 aliphatic rings. The average molecular weight is 597 g/mol. The number of carbonyl (C=O) groups is 2. The predicted molar refractivity (Wildman–Crippen MR) is 152 cm³/mol. The van der Waals surface area contributed by atoms with Crippen LogP contribution in [0.1, 0.15) is 77.1 Å². The SMILES string of the molecule is C=O.C=O.CCc1ccc(C(F)(F)F)cc1.COCCC1CC(C(C)(C)CCc2cc(F)cc(C(C)(F)F)c2)C1.O.[HH]. The Labute approximate surface area is 241 Å². The fraction of sp³-hybridized carbons (Fsp3) is 0.548. The highest BCUT2D eigenvalue weighted by Crippen LogP contribution is 2.48. The van der Waals surface area contributed by atoms with Crippen LogP contribution in [-0.2, 0) is 39.3 Å². The molecule has 0 heterocycles. The highest BCUT2D eigenvalue weighted by atomic mass is 19.4. The fourth-order valence-electron chi connectivity index (χ4n) is 4.54. The van der Waals surface area contributed by atoms with Gasteiger partial charge in [-0.15, -0.1) is 0 Å². The molecular weight excluding hydrogens is 550 g/mol. The molecule has 2 aromatic rings. The van der Waals surface area contributed by atoms with Crippen molar-refractivity contribution in [3.05, 3.63) is 70.5 Å². The van der Waals surface area contributed by atoms with E-state index in [0.717, 1.165) is 62.5 Å². The molecule has 2 N–H and O–H groups in total. The smallest absolute Gasteiger partial charge is 0.412 e. The van der Waals surface area contributed by atoms with Gasteiger partial charge in [0.05, 0.1) is 5.56 Å². The van der Waals surface area contributed by atoms with Gasteiger partial charge < -0.3 is 19.8 Å². The Morgan fingerprint density at radius 3 is 1.85 bits per heavy atom. The highest BCUT2D eigenvalue weighted by Gasteiger charge is 2.39. The van der Waals surface area contributed by atoms with Crippen LogP contribution < -0.4 is 0 Å². The minimum absolute atomic E-state index is 0. The molecule has 1 aliphatic carbocycles. The van der Waals surface area contributed by atoms with E-state index in [1.54, 1.807) is 7.11 Å². The lowest BCUT2D eigenvalue weighted by atomic mass is 9.60. The summed E-state index contributed by atoms with van der Waals surface area (Å²) in [6, 6.07) is 8.99. The Balaban J connectivity index is -0.000000717. The summed E-state index contributed by atoms with van der Waals surface area (Å²) >= 11 is 0. The predicted octanol–water partition coefficient (Wildman–Crippen LogP) is 8.28. The van der Waals surface area contributed by atoms with Crippen LogP contribution in [0.25, 0.3) is 0 Å². The van der Waals surface area contributed by atoms with E-state index in [-0.39, 0.29) is 17.9 Å². The second-order valence-electron chi connectivity index (χ2n) is 10.6. The maximum Gasteiger partial charge on any atom is 0.416 e. The van der Waals surface area contributed by atoms with Crippen molar-refractivity contribution in [2.45, 2.75) is 78.3 Å². The molecule has 3 rings (SSSR count). The van der Waals surface area contributed by atoms with Crippen molar-refractivity contribution < 1.29 is 47.6 Å². The summed E-state index contributed by atoms with van der Waals surface area (Å²) in [6.07, 6.45) is 1.59. The number of ether oxygens (including phenoxy) is 1. The molecule has 0 radical (unpaired) electrons. The van der Waals surface area contributed by atoms with Crippen LogP contribution >= 0.6 is 0 Å². The van der Waals surface area contributed by atoms with E-state index in [2.05, 4.69) is 13.8 Å². The van der Waals surface area contributed by atoms with Crippen molar-refractivity contribution >= 4 is 13.6 Å². The van der Waals surface area contributed by atoms with Crippen molar-refractivity contribution in [2.75, 3.05) is 13.7 Å². The van der Waals surface area contributed by atoms with Gasteiger partial charge in [0.2, 0.25) is 0 Å². The van der Waals surface area contributed by atoms with Crippen LogP contribution in [0.4, 0.5) is 26.3 Å². The van der Waals surface area contributed by atoms with Gasteiger partial charge in [-0.1, -0.05) is 32.9 Å². The molecule has 0 aliphatic heterocycles. The molecular formula is C31H46F6O4. The standard InChI is InChI=1S/C20H29F3O.C9H9F3.2CH2O.H2O.H2/c1-19(2,16-9-15(10-16)6-8-24-4)7-5-14-11-17(20(3,22)23)13-18(21)12-14;1-2-7-3-5-8(6-4-7)9(10,11)12;2*1-2;;/h11-13,15-16H,5-10H2,1-4H3;3-6H,2H2,1H3;2*1H2;1H2;1H. The Kier molecular flexibility index (Phi) is 18.4. The summed E-state index contributed by atoms with van der Waals surface area (Å²) in [4.78, 5) is 16.0. The number of alkyl halides is 5. The zero-order valence-electron chi connectivity index (χ0n) is 24.6. The van der Waals surface area contributed by atoms with Gasteiger partial charge >= 0.3 is 6.18 Å². The first kappa shape index (κ1) is 40.4. The summed E-state index contributed by atoms with van der Waals surface area (Å²) in [5.41, 5.74) is 0.904. The monoisotopic (exact) mass is 596 g/mol. The Bertz CT molecular complexity index is 986. The lowest BCUT2D eigenvalue weighted by molar-refractivity contribution is -0.137. The van der Waals surface area contributed by atoms with Crippen LogP contribution in [0.15, 0.2) is 42.5 Å². The van der Waals surface area contributed by atoms with Crippen molar-refractivity contribution in [1.29, 1.82) is 0 Å². The van der Waals surface area contributed by atoms with Crippen LogP contribution in [0, 0.1) is 23.1 Å². The molecule has 0 aromatic heterocycles. The molecule has 2 aromatic carbocycles. The van der Waals surface area contributed by atoms with Gasteiger partial charge in [-0.25, -0.2) is 13.2 Å². The number of halogens is 6. The van der Waals surface area contributed by atoms with E-state index in [1.807, 2.05) is 20.5 Å². The summed E-state index contributed by atoms with van der Waals surface area (Å²) in [7, 11) is 1.73. The third-order valence-corrected chi connectivity index (χ3v) is 7.28. The van der Waals surface area contributed by atoms with Gasteiger partial charge in [0.25, 0.3) is 5.92 Å². The molecule has 0 amide bonds. The summed E-state index contributed by atoms with van der Waals surface area (Å²) < 4.78 is 81.7. The van der Waals surface area contributed by atoms with Gasteiger partial charge in [-0.2, -0.15) is 13.2 Å². The summed E-state index contributed by atoms with van der Waals surface area (Å²) in [5.74, 6) is -2.19. The molecule has 4 nitrogen and oxygen atoms in total. The lowest BCUT2D eigenvalue weighted by Crippen LogP contribution is -2.36. The fourth-order valence-corrected chi connectivity index (χ4v) is 4.54. The summed E-state index contributed by atoms with van der Waals surface area (Å²) in [5, 5.41) is 0. The average Bonchev–Trinajstić information content (AvgIpc) is 2.88. The second kappa shape index (κ2) is 18.7. The van der Waals surface area contributed by atoms with Gasteiger partial charge in [-0.3, -0.25) is 0 Å². The molecule has 0 bridgehead atoms. The van der Waals surface area contributed by atoms with E-state index in [0.29, 0.717) is 17.9 Å². The first-order valence-electron chi connectivity index (χ1n) is 13.1. The maximum absolute atomic E-state index is 13.6. The van der Waals surface area contributed by atoms with Gasteiger partial charge in [-0.05, 0) is 97.2 Å². The quantitative estimate of drug-likeness (QED) is 0.274. The number of carbonyl (C=O) groups excluding carboxylic acids is 2. The van der Waals surface area contributed by atoms with Crippen LogP contribution in [0.3, 0.4) is 0 Å². The first-order chi connectivity index (χ1) is 18.7. The van der Waals surface area contributed by atoms with E-state index in [4.69, 9.17) is 14.3 Å². The molecule has 0 unspecified atom stereocenters. The first-order valence-corrected chi connectivity index (χ1v) is 13.1. The molecule has 10 heteroatoms. The third-order valence-electron chi connectivity index (χ3n) is 7.28. The third kappa shape index (κ3) is 14.1. The van der Waals surface area contributed by atoms with E-state index in [1.165, 1.54) is 37.1 Å². The number of rotatable bonds is 9. The number of hydrogen-bond donors (Lipinski definition) is 0. The van der Waals surface area contributed by atoms with Crippen LogP contribution in [0.5, 0.6) is 0 Å². The zero-order chi connectivity index (χ0) is 31.1. The maximum atomic E-state index is 13.6. The van der Waals surface area contributed by atoms with Gasteiger partial charge in [0.1, 0.15) is 19.4 Å². The van der Waals surface area contributed by atoms with E-state index < -0.39 is 23.5 Å². The van der Waals surface area contributed by atoms with Crippen molar-refractivity contribution in [2.24, 2.45) is 17.3 Å². The Hall–Kier alpha value is -2.72. The minimum atomic E-state index is -4.22. The van der Waals surface area contributed by atoms with Crippen molar-refractivity contribution in [3.8, 4) is 0 Å². The topological polar surface area (TPSA) is 74.9 Å². The molecule has 0 atom stereocenters. The number of hydrogen-bond acceptors (Lipinski definition) is 3. The van der Waals surface area contributed by atoms with Crippen molar-refractivity contribution in [1.82, 2.24) is 0 Å². The summed E-state index contributed by atoms with van der Waals surface area (Å²) in [6.45, 7) is 12.0. The van der Waals surface area contributed by atoms with Gasteiger partial charge in [0.15, 0.2) is 0 Å². The normalized spacial score (nSPS) is 16.3. The molecule has 1 fully saturated rings. The Morgan fingerprint density at radius 1 is 0.878 bits per heavy atom.